The van der Waals surface area contributed by atoms with Crippen LogP contribution in [0.1, 0.15) is 42.5 Å². The van der Waals surface area contributed by atoms with Crippen LogP contribution in [0.5, 0.6) is 5.88 Å². The maximum Gasteiger partial charge on any atom is 0.256 e. The highest BCUT2D eigenvalue weighted by Crippen LogP contribution is 2.26. The number of anilines is 3. The van der Waals surface area contributed by atoms with Gasteiger partial charge in [-0.05, 0) is 25.0 Å². The number of nitrogens with one attached hydrogen (secondary N) is 3. The van der Waals surface area contributed by atoms with Gasteiger partial charge in [-0.25, -0.2) is 9.97 Å². The number of pyridine rings is 1. The zero-order chi connectivity index (χ0) is 20.2. The first-order valence-electron chi connectivity index (χ1n) is 9.83. The Morgan fingerprint density at radius 3 is 2.86 bits per heavy atom. The molecule has 1 aliphatic carbocycles. The van der Waals surface area contributed by atoms with Gasteiger partial charge in [-0.3, -0.25) is 4.79 Å². The van der Waals surface area contributed by atoms with Crippen LogP contribution >= 0.6 is 0 Å². The Kier molecular flexibility index (Phi) is 5.46. The van der Waals surface area contributed by atoms with Gasteiger partial charge in [0.05, 0.1) is 13.3 Å². The topological polar surface area (TPSA) is 105 Å². The molecule has 3 aromatic heterocycles. The molecule has 29 heavy (non-hydrogen) atoms. The van der Waals surface area contributed by atoms with Crippen molar-refractivity contribution >= 4 is 28.9 Å². The standard InChI is InChI=1S/C20H25N7O2/c1-21-17-11-16(25-15-9-6-10-22-20(15)29-2)26-18-14(12-23-27(17)18)19(28)24-13-7-4-3-5-8-13/h6,9-13,21H,3-5,7-8H2,1-2H3,(H,24,28)(H,25,26). The molecule has 3 heterocycles. The van der Waals surface area contributed by atoms with Crippen LogP contribution in [0.2, 0.25) is 0 Å². The highest BCUT2D eigenvalue weighted by Gasteiger charge is 2.21. The Hall–Kier alpha value is -3.36. The van der Waals surface area contributed by atoms with E-state index >= 15 is 0 Å². The highest BCUT2D eigenvalue weighted by atomic mass is 16.5. The van der Waals surface area contributed by atoms with Crippen LogP contribution in [0, 0.1) is 0 Å². The van der Waals surface area contributed by atoms with Crippen LogP contribution in [-0.2, 0) is 0 Å². The first-order valence-corrected chi connectivity index (χ1v) is 9.83. The SMILES string of the molecule is CNc1cc(Nc2cccnc2OC)nc2c(C(=O)NC3CCCCC3)cnn12. The van der Waals surface area contributed by atoms with Gasteiger partial charge in [-0.1, -0.05) is 19.3 Å². The summed E-state index contributed by atoms with van der Waals surface area (Å²) < 4.78 is 6.92. The van der Waals surface area contributed by atoms with Crippen LogP contribution in [0.15, 0.2) is 30.6 Å². The van der Waals surface area contributed by atoms with Gasteiger partial charge >= 0.3 is 0 Å². The minimum absolute atomic E-state index is 0.141. The molecule has 3 N–H and O–H groups in total. The van der Waals surface area contributed by atoms with Crippen molar-refractivity contribution in [3.63, 3.8) is 0 Å². The molecule has 0 atom stereocenters. The van der Waals surface area contributed by atoms with Crippen molar-refractivity contribution in [2.45, 2.75) is 38.1 Å². The summed E-state index contributed by atoms with van der Waals surface area (Å²) >= 11 is 0. The van der Waals surface area contributed by atoms with Crippen LogP contribution in [-0.4, -0.2) is 45.7 Å². The molecule has 0 unspecified atom stereocenters. The van der Waals surface area contributed by atoms with Crippen molar-refractivity contribution in [2.75, 3.05) is 24.8 Å². The van der Waals surface area contributed by atoms with Crippen molar-refractivity contribution in [1.29, 1.82) is 0 Å². The maximum absolute atomic E-state index is 12.9. The number of rotatable bonds is 6. The lowest BCUT2D eigenvalue weighted by Crippen LogP contribution is -2.36. The Bertz CT molecular complexity index is 1010. The molecule has 0 aliphatic heterocycles. The Labute approximate surface area is 168 Å². The fraction of sp³-hybridized carbons (Fsp3) is 0.400. The summed E-state index contributed by atoms with van der Waals surface area (Å²) in [7, 11) is 3.36. The zero-order valence-corrected chi connectivity index (χ0v) is 16.6. The Morgan fingerprint density at radius 1 is 1.28 bits per heavy atom. The highest BCUT2D eigenvalue weighted by molar-refractivity contribution is 6.00. The molecule has 0 bridgehead atoms. The van der Waals surface area contributed by atoms with E-state index in [0.717, 1.165) is 25.7 Å². The van der Waals surface area contributed by atoms with Crippen molar-refractivity contribution < 1.29 is 9.53 Å². The van der Waals surface area contributed by atoms with Gasteiger partial charge in [0.2, 0.25) is 5.88 Å². The summed E-state index contributed by atoms with van der Waals surface area (Å²) in [5.41, 5.74) is 1.62. The first kappa shape index (κ1) is 19.0. The van der Waals surface area contributed by atoms with E-state index in [0.29, 0.717) is 34.4 Å². The van der Waals surface area contributed by atoms with Crippen LogP contribution in [0.4, 0.5) is 17.3 Å². The number of ether oxygens (including phenoxy) is 1. The van der Waals surface area contributed by atoms with Crippen molar-refractivity contribution in [2.24, 2.45) is 0 Å². The predicted octanol–water partition coefficient (Wildman–Crippen LogP) is 2.98. The largest absolute Gasteiger partial charge is 0.480 e. The molecule has 1 saturated carbocycles. The van der Waals surface area contributed by atoms with Gasteiger partial charge in [-0.2, -0.15) is 9.61 Å². The summed E-state index contributed by atoms with van der Waals surface area (Å²) in [6.07, 6.45) is 8.82. The summed E-state index contributed by atoms with van der Waals surface area (Å²) in [6, 6.07) is 5.69. The van der Waals surface area contributed by atoms with E-state index < -0.39 is 0 Å². The van der Waals surface area contributed by atoms with E-state index in [1.807, 2.05) is 18.2 Å². The Morgan fingerprint density at radius 2 is 2.10 bits per heavy atom. The monoisotopic (exact) mass is 395 g/mol. The molecule has 9 nitrogen and oxygen atoms in total. The van der Waals surface area contributed by atoms with E-state index in [2.05, 4.69) is 31.0 Å². The molecule has 3 aromatic rings. The molecule has 1 amide bonds. The number of carbonyl (C=O) groups excluding carboxylic acids is 1. The molecule has 1 fully saturated rings. The maximum atomic E-state index is 12.9. The van der Waals surface area contributed by atoms with E-state index in [1.54, 1.807) is 31.1 Å². The molecule has 0 radical (unpaired) electrons. The van der Waals surface area contributed by atoms with Crippen LogP contribution < -0.4 is 20.7 Å². The second-order valence-electron chi connectivity index (χ2n) is 7.06. The molecule has 0 aromatic carbocycles. The molecule has 4 rings (SSSR count). The third-order valence-corrected chi connectivity index (χ3v) is 5.14. The van der Waals surface area contributed by atoms with E-state index in [9.17, 15) is 4.79 Å². The van der Waals surface area contributed by atoms with E-state index in [4.69, 9.17) is 4.74 Å². The average molecular weight is 395 g/mol. The minimum atomic E-state index is -0.141. The lowest BCUT2D eigenvalue weighted by molar-refractivity contribution is 0.0929. The predicted molar refractivity (Wildman–Crippen MR) is 111 cm³/mol. The molecule has 1 aliphatic rings. The molecule has 0 saturated heterocycles. The normalized spacial score (nSPS) is 14.6. The quantitative estimate of drug-likeness (QED) is 0.589. The fourth-order valence-corrected chi connectivity index (χ4v) is 3.66. The van der Waals surface area contributed by atoms with Gasteiger partial charge in [-0.15, -0.1) is 0 Å². The molecule has 9 heteroatoms. The van der Waals surface area contributed by atoms with E-state index in [1.165, 1.54) is 6.42 Å². The van der Waals surface area contributed by atoms with Gasteiger partial charge in [0, 0.05) is 25.4 Å². The number of aromatic nitrogens is 4. The summed E-state index contributed by atoms with van der Waals surface area (Å²) in [4.78, 5) is 21.7. The number of fused-ring (bicyclic) bond motifs is 1. The van der Waals surface area contributed by atoms with Gasteiger partial charge in [0.15, 0.2) is 5.65 Å². The third kappa shape index (κ3) is 3.94. The second kappa shape index (κ2) is 8.34. The summed E-state index contributed by atoms with van der Waals surface area (Å²) in [5, 5.41) is 13.8. The lowest BCUT2D eigenvalue weighted by atomic mass is 9.95. The smallest absolute Gasteiger partial charge is 0.256 e. The fourth-order valence-electron chi connectivity index (χ4n) is 3.66. The Balaban J connectivity index is 1.66. The lowest BCUT2D eigenvalue weighted by Gasteiger charge is -2.22. The average Bonchev–Trinajstić information content (AvgIpc) is 3.18. The van der Waals surface area contributed by atoms with Gasteiger partial charge in [0.1, 0.15) is 22.9 Å². The number of hydrogen-bond donors (Lipinski definition) is 3. The summed E-state index contributed by atoms with van der Waals surface area (Å²) in [6.45, 7) is 0. The van der Waals surface area contributed by atoms with E-state index in [-0.39, 0.29) is 11.9 Å². The number of amides is 1. The van der Waals surface area contributed by atoms with Crippen molar-refractivity contribution in [3.05, 3.63) is 36.2 Å². The van der Waals surface area contributed by atoms with Crippen molar-refractivity contribution in [1.82, 2.24) is 24.9 Å². The van der Waals surface area contributed by atoms with Gasteiger partial charge < -0.3 is 20.7 Å². The van der Waals surface area contributed by atoms with Crippen LogP contribution in [0.3, 0.4) is 0 Å². The van der Waals surface area contributed by atoms with Crippen molar-refractivity contribution in [3.8, 4) is 5.88 Å². The number of hydrogen-bond acceptors (Lipinski definition) is 7. The van der Waals surface area contributed by atoms with Gasteiger partial charge in [0.25, 0.3) is 5.91 Å². The van der Waals surface area contributed by atoms with Crippen LogP contribution in [0.25, 0.3) is 5.65 Å². The minimum Gasteiger partial charge on any atom is -0.480 e. The molecular weight excluding hydrogens is 370 g/mol. The second-order valence-corrected chi connectivity index (χ2v) is 7.06. The first-order chi connectivity index (χ1) is 14.2. The zero-order valence-electron chi connectivity index (χ0n) is 16.6. The number of nitrogens with zero attached hydrogens (tertiary/aromatic N) is 4. The molecule has 152 valence electrons. The molecule has 0 spiro atoms. The summed E-state index contributed by atoms with van der Waals surface area (Å²) in [5.74, 6) is 1.58. The third-order valence-electron chi connectivity index (χ3n) is 5.14. The number of carbonyl (C=O) groups is 1. The number of methoxy groups -OCH3 is 1. The molecular formula is C20H25N7O2.